The summed E-state index contributed by atoms with van der Waals surface area (Å²) in [6.45, 7) is 5.32. The molecule has 0 saturated heterocycles. The molecule has 2 radical (unpaired) electrons. The predicted octanol–water partition coefficient (Wildman–Crippen LogP) is 1.74. The van der Waals surface area contributed by atoms with E-state index < -0.39 is 0 Å². The number of hydrogen-bond acceptors (Lipinski definition) is 0. The van der Waals surface area contributed by atoms with Gasteiger partial charge in [0.25, 0.3) is 0 Å². The van der Waals surface area contributed by atoms with Gasteiger partial charge in [-0.05, 0) is 25.5 Å². The standard InChI is InChI=1S/C6H8/c1-3-5-6-4-2/h3H,1,5H2,2H3. The maximum absolute atomic E-state index is 3.50. The third kappa shape index (κ3) is 3.48. The molecule has 0 heterocycles. The van der Waals surface area contributed by atoms with Crippen LogP contribution in [0.15, 0.2) is 12.7 Å². The van der Waals surface area contributed by atoms with Crippen LogP contribution in [-0.2, 0) is 0 Å². The van der Waals surface area contributed by atoms with E-state index in [-0.39, 0.29) is 0 Å². The van der Waals surface area contributed by atoms with Crippen molar-refractivity contribution in [1.29, 1.82) is 0 Å². The average Bonchev–Trinajstić information content (AvgIpc) is 1.61. The summed E-state index contributed by atoms with van der Waals surface area (Å²) in [7, 11) is 0. The summed E-state index contributed by atoms with van der Waals surface area (Å²) in [6, 6.07) is 0. The summed E-state index contributed by atoms with van der Waals surface area (Å²) in [5, 5.41) is 0. The molecular weight excluding hydrogens is 72.1 g/mol. The van der Waals surface area contributed by atoms with Gasteiger partial charge in [-0.2, -0.15) is 0 Å². The Kier molecular flexibility index (Phi) is 4.09. The maximum Gasteiger partial charge on any atom is -0.00945 e. The summed E-state index contributed by atoms with van der Waals surface area (Å²) in [4.78, 5) is 0. The van der Waals surface area contributed by atoms with Gasteiger partial charge in [-0.1, -0.05) is 6.08 Å². The normalized spacial score (nSPS) is 9.50. The van der Waals surface area contributed by atoms with Gasteiger partial charge >= 0.3 is 0 Å². The topological polar surface area (TPSA) is 0 Å². The van der Waals surface area contributed by atoms with E-state index in [1.165, 1.54) is 0 Å². The zero-order valence-corrected chi connectivity index (χ0v) is 3.99. The lowest BCUT2D eigenvalue weighted by molar-refractivity contribution is 1.32. The average molecular weight is 80.1 g/mol. The van der Waals surface area contributed by atoms with Gasteiger partial charge in [0.1, 0.15) is 0 Å². The van der Waals surface area contributed by atoms with Crippen LogP contribution in [0, 0.1) is 12.2 Å². The monoisotopic (exact) mass is 80.1 g/mol. The first-order valence-corrected chi connectivity index (χ1v) is 1.92. The molecular formula is C6H8. The Morgan fingerprint density at radius 3 is 2.67 bits per heavy atom. The Hall–Kier alpha value is -0.520. The second-order valence-corrected chi connectivity index (χ2v) is 0.920. The Labute approximate surface area is 39.2 Å². The van der Waals surface area contributed by atoms with Crippen molar-refractivity contribution in [2.24, 2.45) is 0 Å². The lowest BCUT2D eigenvalue weighted by Gasteiger charge is -1.67. The minimum absolute atomic E-state index is 0.816. The fourth-order valence-corrected chi connectivity index (χ4v) is 0.174. The summed E-state index contributed by atoms with van der Waals surface area (Å²) in [5.74, 6) is 0. The molecule has 0 fully saturated rings. The lowest BCUT2D eigenvalue weighted by Crippen LogP contribution is -1.51. The van der Waals surface area contributed by atoms with Crippen LogP contribution in [-0.4, -0.2) is 0 Å². The zero-order valence-electron chi connectivity index (χ0n) is 3.99. The minimum atomic E-state index is 0.816. The maximum atomic E-state index is 3.50. The first-order chi connectivity index (χ1) is 2.91. The number of allylic oxidation sites excluding steroid dienone is 3. The van der Waals surface area contributed by atoms with Gasteiger partial charge in [0.2, 0.25) is 0 Å². The molecule has 0 rings (SSSR count). The zero-order chi connectivity index (χ0) is 4.83. The minimum Gasteiger partial charge on any atom is -0.103 e. The fourth-order valence-electron chi connectivity index (χ4n) is 0.174. The largest absolute Gasteiger partial charge is 0.103 e. The highest BCUT2D eigenvalue weighted by Crippen LogP contribution is 1.76. The van der Waals surface area contributed by atoms with Crippen LogP contribution in [0.5, 0.6) is 0 Å². The second kappa shape index (κ2) is 4.48. The van der Waals surface area contributed by atoms with Crippen LogP contribution >= 0.6 is 0 Å². The van der Waals surface area contributed by atoms with Crippen molar-refractivity contribution >= 4 is 0 Å². The SMILES string of the molecule is C=CC/[C]=[C]/C. The third-order valence-electron chi connectivity index (χ3n) is 0.423. The van der Waals surface area contributed by atoms with Crippen molar-refractivity contribution in [3.05, 3.63) is 24.8 Å². The molecule has 0 aromatic rings. The van der Waals surface area contributed by atoms with E-state index in [2.05, 4.69) is 18.7 Å². The van der Waals surface area contributed by atoms with E-state index in [1.54, 1.807) is 6.08 Å². The van der Waals surface area contributed by atoms with Crippen molar-refractivity contribution in [3.8, 4) is 0 Å². The Morgan fingerprint density at radius 1 is 1.83 bits per heavy atom. The van der Waals surface area contributed by atoms with Crippen LogP contribution in [0.3, 0.4) is 0 Å². The van der Waals surface area contributed by atoms with Crippen molar-refractivity contribution in [2.75, 3.05) is 0 Å². The van der Waals surface area contributed by atoms with E-state index >= 15 is 0 Å². The van der Waals surface area contributed by atoms with Gasteiger partial charge < -0.3 is 0 Å². The molecule has 0 aliphatic carbocycles. The molecule has 0 aromatic carbocycles. The highest BCUT2D eigenvalue weighted by molar-refractivity contribution is 4.73. The molecule has 0 spiro atoms. The van der Waals surface area contributed by atoms with Crippen molar-refractivity contribution < 1.29 is 0 Å². The van der Waals surface area contributed by atoms with E-state index in [9.17, 15) is 0 Å². The fraction of sp³-hybridized carbons (Fsp3) is 0.333. The summed E-state index contributed by atoms with van der Waals surface area (Å²) in [6.07, 6.45) is 8.18. The van der Waals surface area contributed by atoms with E-state index in [1.807, 2.05) is 6.92 Å². The number of rotatable bonds is 2. The van der Waals surface area contributed by atoms with Gasteiger partial charge in [0, 0.05) is 0 Å². The molecule has 0 aliphatic rings. The van der Waals surface area contributed by atoms with Gasteiger partial charge in [-0.3, -0.25) is 0 Å². The molecule has 0 N–H and O–H groups in total. The van der Waals surface area contributed by atoms with Crippen LogP contribution < -0.4 is 0 Å². The van der Waals surface area contributed by atoms with Gasteiger partial charge in [-0.25, -0.2) is 0 Å². The van der Waals surface area contributed by atoms with Crippen molar-refractivity contribution in [1.82, 2.24) is 0 Å². The molecule has 0 heteroatoms. The van der Waals surface area contributed by atoms with E-state index in [4.69, 9.17) is 0 Å². The molecule has 0 nitrogen and oxygen atoms in total. The van der Waals surface area contributed by atoms with Gasteiger partial charge in [0.05, 0.1) is 0 Å². The first-order valence-electron chi connectivity index (χ1n) is 1.92. The smallest absolute Gasteiger partial charge is 0.00945 e. The molecule has 6 heavy (non-hydrogen) atoms. The summed E-state index contributed by atoms with van der Waals surface area (Å²) < 4.78 is 0. The molecule has 0 amide bonds. The molecule has 0 saturated carbocycles. The van der Waals surface area contributed by atoms with Crippen LogP contribution in [0.4, 0.5) is 0 Å². The van der Waals surface area contributed by atoms with Crippen molar-refractivity contribution in [2.45, 2.75) is 13.3 Å². The third-order valence-corrected chi connectivity index (χ3v) is 0.423. The molecule has 0 aliphatic heterocycles. The molecule has 32 valence electrons. The Balaban J connectivity index is 2.85. The Bertz CT molecular complexity index is 51.1. The van der Waals surface area contributed by atoms with E-state index in [0.717, 1.165) is 6.42 Å². The summed E-state index contributed by atoms with van der Waals surface area (Å²) >= 11 is 0. The van der Waals surface area contributed by atoms with Gasteiger partial charge in [-0.15, -0.1) is 6.58 Å². The molecule has 0 bridgehead atoms. The van der Waals surface area contributed by atoms with Gasteiger partial charge in [0.15, 0.2) is 0 Å². The van der Waals surface area contributed by atoms with Crippen LogP contribution in [0.2, 0.25) is 0 Å². The predicted molar refractivity (Wildman–Crippen MR) is 27.0 cm³/mol. The highest BCUT2D eigenvalue weighted by Gasteiger charge is 1.59. The van der Waals surface area contributed by atoms with Crippen LogP contribution in [0.25, 0.3) is 0 Å². The first kappa shape index (κ1) is 5.48. The highest BCUT2D eigenvalue weighted by atomic mass is 13.6. The van der Waals surface area contributed by atoms with Crippen LogP contribution in [0.1, 0.15) is 13.3 Å². The molecule has 0 unspecified atom stereocenters. The summed E-state index contributed by atoms with van der Waals surface area (Å²) in [5.41, 5.74) is 0. The second-order valence-electron chi connectivity index (χ2n) is 0.920. The number of hydrogen-bond donors (Lipinski definition) is 0. The van der Waals surface area contributed by atoms with Crippen molar-refractivity contribution in [3.63, 3.8) is 0 Å². The molecule has 0 aromatic heterocycles. The lowest BCUT2D eigenvalue weighted by atomic mass is 10.4. The quantitative estimate of drug-likeness (QED) is 0.443. The molecule has 0 atom stereocenters. The van der Waals surface area contributed by atoms with E-state index in [0.29, 0.717) is 0 Å². The Morgan fingerprint density at radius 2 is 2.50 bits per heavy atom.